The van der Waals surface area contributed by atoms with Crippen LogP contribution in [-0.4, -0.2) is 25.3 Å². The molecule has 0 saturated heterocycles. The summed E-state index contributed by atoms with van der Waals surface area (Å²) in [5.41, 5.74) is 0. The second-order valence-corrected chi connectivity index (χ2v) is 3.35. The average Bonchev–Trinajstić information content (AvgIpc) is 2.22. The molecule has 0 spiro atoms. The summed E-state index contributed by atoms with van der Waals surface area (Å²) in [4.78, 5) is 20.6. The number of hydrogen-bond donors (Lipinski definition) is 0. The topological polar surface area (TPSA) is 43.4 Å². The molecule has 0 fully saturated rings. The normalized spacial score (nSPS) is 12.4. The molecule has 0 aromatic rings. The van der Waals surface area contributed by atoms with Gasteiger partial charge in [-0.2, -0.15) is 0 Å². The lowest BCUT2D eigenvalue weighted by molar-refractivity contribution is -0.118. The number of carbonyl (C=O) groups is 2. The SMILES string of the molecule is CCCOC(C=O)CCCCCC=O. The van der Waals surface area contributed by atoms with E-state index in [0.29, 0.717) is 13.0 Å². The molecule has 0 aromatic carbocycles. The summed E-state index contributed by atoms with van der Waals surface area (Å²) in [6, 6.07) is 0. The molecule has 0 aliphatic carbocycles. The van der Waals surface area contributed by atoms with Gasteiger partial charge in [0.15, 0.2) is 0 Å². The van der Waals surface area contributed by atoms with Crippen LogP contribution in [0.2, 0.25) is 0 Å². The van der Waals surface area contributed by atoms with E-state index in [9.17, 15) is 9.59 Å². The summed E-state index contributed by atoms with van der Waals surface area (Å²) in [6.07, 6.45) is 6.79. The van der Waals surface area contributed by atoms with Crippen molar-refractivity contribution in [3.05, 3.63) is 0 Å². The molecule has 0 aliphatic heterocycles. The maximum absolute atomic E-state index is 10.5. The molecule has 0 heterocycles. The molecule has 0 radical (unpaired) electrons. The number of carbonyl (C=O) groups excluding carboxylic acids is 2. The van der Waals surface area contributed by atoms with Crippen LogP contribution in [0.3, 0.4) is 0 Å². The maximum atomic E-state index is 10.5. The van der Waals surface area contributed by atoms with E-state index in [0.717, 1.165) is 44.7 Å². The summed E-state index contributed by atoms with van der Waals surface area (Å²) in [6.45, 7) is 2.67. The molecule has 3 nitrogen and oxygen atoms in total. The van der Waals surface area contributed by atoms with E-state index in [4.69, 9.17) is 4.74 Å². The molecule has 0 amide bonds. The van der Waals surface area contributed by atoms with Gasteiger partial charge in [-0.3, -0.25) is 0 Å². The predicted molar refractivity (Wildman–Crippen MR) is 55.2 cm³/mol. The third kappa shape index (κ3) is 7.92. The average molecular weight is 200 g/mol. The predicted octanol–water partition coefficient (Wildman–Crippen LogP) is 2.13. The van der Waals surface area contributed by atoms with Gasteiger partial charge in [-0.15, -0.1) is 0 Å². The first kappa shape index (κ1) is 13.3. The van der Waals surface area contributed by atoms with Crippen LogP contribution in [0.4, 0.5) is 0 Å². The van der Waals surface area contributed by atoms with Gasteiger partial charge >= 0.3 is 0 Å². The minimum absolute atomic E-state index is 0.244. The molecular formula is C11H20O3. The largest absolute Gasteiger partial charge is 0.371 e. The minimum Gasteiger partial charge on any atom is -0.371 e. The van der Waals surface area contributed by atoms with Crippen molar-refractivity contribution in [1.82, 2.24) is 0 Å². The first-order valence-corrected chi connectivity index (χ1v) is 5.35. The Hall–Kier alpha value is -0.700. The fraction of sp³-hybridized carbons (Fsp3) is 0.818. The quantitative estimate of drug-likeness (QED) is 0.401. The Kier molecular flexibility index (Phi) is 9.86. The van der Waals surface area contributed by atoms with E-state index in [2.05, 4.69) is 0 Å². The molecule has 0 aromatic heterocycles. The Morgan fingerprint density at radius 2 is 2.00 bits per heavy atom. The van der Waals surface area contributed by atoms with Gasteiger partial charge in [-0.25, -0.2) is 0 Å². The minimum atomic E-state index is -0.244. The molecule has 0 aliphatic rings. The molecule has 82 valence electrons. The van der Waals surface area contributed by atoms with Crippen molar-refractivity contribution in [2.24, 2.45) is 0 Å². The molecule has 0 saturated carbocycles. The summed E-state index contributed by atoms with van der Waals surface area (Å²) < 4.78 is 5.31. The van der Waals surface area contributed by atoms with Crippen LogP contribution in [0.25, 0.3) is 0 Å². The zero-order chi connectivity index (χ0) is 10.6. The zero-order valence-corrected chi connectivity index (χ0v) is 8.91. The fourth-order valence-electron chi connectivity index (χ4n) is 1.21. The van der Waals surface area contributed by atoms with Crippen molar-refractivity contribution in [2.45, 2.75) is 51.6 Å². The van der Waals surface area contributed by atoms with Gasteiger partial charge in [0.05, 0.1) is 0 Å². The molecule has 1 atom stereocenters. The van der Waals surface area contributed by atoms with Crippen molar-refractivity contribution < 1.29 is 14.3 Å². The van der Waals surface area contributed by atoms with E-state index in [-0.39, 0.29) is 6.10 Å². The highest BCUT2D eigenvalue weighted by Gasteiger charge is 2.05. The smallest absolute Gasteiger partial charge is 0.148 e. The van der Waals surface area contributed by atoms with Gasteiger partial charge in [-0.05, 0) is 19.3 Å². The lowest BCUT2D eigenvalue weighted by Crippen LogP contribution is -2.14. The van der Waals surface area contributed by atoms with Gasteiger partial charge in [0.25, 0.3) is 0 Å². The molecule has 0 N–H and O–H groups in total. The summed E-state index contributed by atoms with van der Waals surface area (Å²) in [7, 11) is 0. The van der Waals surface area contributed by atoms with Gasteiger partial charge in [0, 0.05) is 13.0 Å². The number of ether oxygens (including phenoxy) is 1. The molecule has 14 heavy (non-hydrogen) atoms. The Balaban J connectivity index is 3.32. The molecule has 0 rings (SSSR count). The van der Waals surface area contributed by atoms with Gasteiger partial charge in [0.2, 0.25) is 0 Å². The van der Waals surface area contributed by atoms with E-state index < -0.39 is 0 Å². The van der Waals surface area contributed by atoms with E-state index in [1.807, 2.05) is 6.92 Å². The first-order valence-electron chi connectivity index (χ1n) is 5.35. The third-order valence-electron chi connectivity index (χ3n) is 2.00. The Morgan fingerprint density at radius 3 is 2.57 bits per heavy atom. The molecular weight excluding hydrogens is 180 g/mol. The van der Waals surface area contributed by atoms with Crippen molar-refractivity contribution in [1.29, 1.82) is 0 Å². The van der Waals surface area contributed by atoms with Crippen LogP contribution in [0.15, 0.2) is 0 Å². The Bertz CT molecular complexity index is 145. The summed E-state index contributed by atoms with van der Waals surface area (Å²) >= 11 is 0. The van der Waals surface area contributed by atoms with Crippen molar-refractivity contribution in [2.75, 3.05) is 6.61 Å². The number of unbranched alkanes of at least 4 members (excludes halogenated alkanes) is 3. The zero-order valence-electron chi connectivity index (χ0n) is 8.91. The van der Waals surface area contributed by atoms with Crippen LogP contribution in [0.5, 0.6) is 0 Å². The lowest BCUT2D eigenvalue weighted by Gasteiger charge is -2.10. The van der Waals surface area contributed by atoms with Crippen LogP contribution < -0.4 is 0 Å². The Labute approximate surface area is 85.8 Å². The highest BCUT2D eigenvalue weighted by atomic mass is 16.5. The van der Waals surface area contributed by atoms with Crippen molar-refractivity contribution in [3.63, 3.8) is 0 Å². The monoisotopic (exact) mass is 200 g/mol. The maximum Gasteiger partial charge on any atom is 0.148 e. The highest BCUT2D eigenvalue weighted by molar-refractivity contribution is 5.55. The number of rotatable bonds is 10. The standard InChI is InChI=1S/C11H20O3/c1-2-9-14-11(10-13)7-5-3-4-6-8-12/h8,10-11H,2-7,9H2,1H3. The first-order chi connectivity index (χ1) is 6.85. The molecule has 3 heteroatoms. The van der Waals surface area contributed by atoms with E-state index in [1.54, 1.807) is 0 Å². The number of aldehydes is 2. The Morgan fingerprint density at radius 1 is 1.21 bits per heavy atom. The highest BCUT2D eigenvalue weighted by Crippen LogP contribution is 2.06. The van der Waals surface area contributed by atoms with E-state index in [1.165, 1.54) is 0 Å². The third-order valence-corrected chi connectivity index (χ3v) is 2.00. The molecule has 1 unspecified atom stereocenters. The van der Waals surface area contributed by atoms with Gasteiger partial charge in [-0.1, -0.05) is 19.8 Å². The number of hydrogen-bond acceptors (Lipinski definition) is 3. The van der Waals surface area contributed by atoms with Crippen LogP contribution in [0, 0.1) is 0 Å². The molecule has 0 bridgehead atoms. The van der Waals surface area contributed by atoms with Crippen molar-refractivity contribution >= 4 is 12.6 Å². The van der Waals surface area contributed by atoms with E-state index >= 15 is 0 Å². The fourth-order valence-corrected chi connectivity index (χ4v) is 1.21. The summed E-state index contributed by atoms with van der Waals surface area (Å²) in [5.74, 6) is 0. The van der Waals surface area contributed by atoms with Crippen molar-refractivity contribution in [3.8, 4) is 0 Å². The summed E-state index contributed by atoms with van der Waals surface area (Å²) in [5, 5.41) is 0. The van der Waals surface area contributed by atoms with Gasteiger partial charge in [0.1, 0.15) is 18.7 Å². The van der Waals surface area contributed by atoms with Crippen LogP contribution in [-0.2, 0) is 14.3 Å². The second kappa shape index (κ2) is 10.4. The van der Waals surface area contributed by atoms with Gasteiger partial charge < -0.3 is 14.3 Å². The lowest BCUT2D eigenvalue weighted by atomic mass is 10.1. The second-order valence-electron chi connectivity index (χ2n) is 3.35. The van der Waals surface area contributed by atoms with Crippen LogP contribution >= 0.6 is 0 Å². The van der Waals surface area contributed by atoms with Crippen LogP contribution in [0.1, 0.15) is 45.4 Å².